The number of hydrogen-bond donors (Lipinski definition) is 0. The van der Waals surface area contributed by atoms with Gasteiger partial charge in [0.1, 0.15) is 29.4 Å². The first-order valence-corrected chi connectivity index (χ1v) is 13.4. The molecule has 4 aromatic rings. The number of hydrogen-bond acceptors (Lipinski definition) is 9. The molecule has 1 unspecified atom stereocenters. The molecule has 1 aromatic carbocycles. The molecule has 2 aliphatic heterocycles. The molecule has 6 rings (SSSR count). The number of imidazole rings is 1. The minimum Gasteiger partial charge on any atom is -0.496 e. The molecule has 34 heavy (non-hydrogen) atoms. The molecule has 0 N–H and O–H groups in total. The van der Waals surface area contributed by atoms with Crippen LogP contribution in [0.2, 0.25) is 0 Å². The van der Waals surface area contributed by atoms with Crippen LogP contribution in [0, 0.1) is 6.92 Å². The largest absolute Gasteiger partial charge is 0.496 e. The molecule has 0 radical (unpaired) electrons. The van der Waals surface area contributed by atoms with E-state index in [9.17, 15) is 0 Å². The van der Waals surface area contributed by atoms with Gasteiger partial charge in [-0.15, -0.1) is 0 Å². The van der Waals surface area contributed by atoms with Gasteiger partial charge in [-0.2, -0.15) is 16.9 Å². The number of rotatable bonds is 5. The Hall–Kier alpha value is -2.85. The van der Waals surface area contributed by atoms with Crippen LogP contribution in [0.3, 0.4) is 0 Å². The molecule has 1 atom stereocenters. The van der Waals surface area contributed by atoms with Gasteiger partial charge in [0, 0.05) is 42.5 Å². The van der Waals surface area contributed by atoms with Crippen LogP contribution in [-0.2, 0) is 0 Å². The van der Waals surface area contributed by atoms with Gasteiger partial charge < -0.3 is 18.8 Å². The van der Waals surface area contributed by atoms with E-state index in [0.717, 1.165) is 52.2 Å². The van der Waals surface area contributed by atoms with Crippen molar-refractivity contribution in [1.82, 2.24) is 19.5 Å². The number of fused-ring (bicyclic) bond motifs is 2. The maximum Gasteiger partial charge on any atom is 0.159 e. The highest BCUT2D eigenvalue weighted by Gasteiger charge is 2.25. The van der Waals surface area contributed by atoms with Gasteiger partial charge in [-0.3, -0.25) is 4.99 Å². The highest BCUT2D eigenvalue weighted by atomic mass is 32.2. The lowest BCUT2D eigenvalue weighted by Gasteiger charge is -2.27. The van der Waals surface area contributed by atoms with E-state index >= 15 is 0 Å². The van der Waals surface area contributed by atoms with E-state index in [1.54, 1.807) is 11.6 Å². The number of ether oxygens (including phenoxy) is 2. The van der Waals surface area contributed by atoms with Crippen LogP contribution in [0.4, 0.5) is 0 Å². The van der Waals surface area contributed by atoms with Gasteiger partial charge in [-0.05, 0) is 25.1 Å². The van der Waals surface area contributed by atoms with Gasteiger partial charge in [0.05, 0.1) is 30.4 Å². The van der Waals surface area contributed by atoms with Gasteiger partial charge in [-0.1, -0.05) is 11.8 Å². The van der Waals surface area contributed by atoms with Crippen LogP contribution in [0.15, 0.2) is 45.9 Å². The Bertz CT molecular complexity index is 1380. The van der Waals surface area contributed by atoms with Crippen molar-refractivity contribution in [1.29, 1.82) is 0 Å². The molecule has 176 valence electrons. The summed E-state index contributed by atoms with van der Waals surface area (Å²) in [5, 5.41) is 6.53. The molecule has 5 heterocycles. The summed E-state index contributed by atoms with van der Waals surface area (Å²) in [7, 11) is 1.64. The van der Waals surface area contributed by atoms with E-state index in [-0.39, 0.29) is 6.04 Å². The number of thioether (sulfide) groups is 2. The van der Waals surface area contributed by atoms with E-state index in [1.807, 2.05) is 67.0 Å². The second-order valence-electron chi connectivity index (χ2n) is 8.34. The summed E-state index contributed by atoms with van der Waals surface area (Å²) in [4.78, 5) is 12.0. The zero-order valence-electron chi connectivity index (χ0n) is 19.1. The molecular weight excluding hydrogens is 470 g/mol. The summed E-state index contributed by atoms with van der Waals surface area (Å²) >= 11 is 3.85. The lowest BCUT2D eigenvalue weighted by molar-refractivity contribution is 0.300. The third-order valence-corrected chi connectivity index (χ3v) is 8.04. The third-order valence-electron chi connectivity index (χ3n) is 5.93. The molecule has 0 saturated carbocycles. The van der Waals surface area contributed by atoms with Gasteiger partial charge in [0.25, 0.3) is 0 Å². The Kier molecular flexibility index (Phi) is 5.78. The average molecular weight is 496 g/mol. The minimum atomic E-state index is 0.134. The van der Waals surface area contributed by atoms with Gasteiger partial charge in [0.15, 0.2) is 16.6 Å². The molecule has 0 amide bonds. The van der Waals surface area contributed by atoms with Crippen LogP contribution in [0.25, 0.3) is 28.1 Å². The first-order valence-electron chi connectivity index (χ1n) is 11.3. The monoisotopic (exact) mass is 495 g/mol. The summed E-state index contributed by atoms with van der Waals surface area (Å²) in [6.07, 6.45) is 1.88. The Labute approximate surface area is 205 Å². The topological polar surface area (TPSA) is 77.4 Å². The Balaban J connectivity index is 1.26. The smallest absolute Gasteiger partial charge is 0.159 e. The fraction of sp³-hybridized carbons (Fsp3) is 0.375. The summed E-state index contributed by atoms with van der Waals surface area (Å²) in [5.41, 5.74) is 3.12. The number of aromatic nitrogens is 3. The third kappa shape index (κ3) is 4.20. The molecule has 0 bridgehead atoms. The van der Waals surface area contributed by atoms with Gasteiger partial charge >= 0.3 is 0 Å². The lowest BCUT2D eigenvalue weighted by atomic mass is 10.2. The highest BCUT2D eigenvalue weighted by molar-refractivity contribution is 8.14. The van der Waals surface area contributed by atoms with E-state index in [1.165, 1.54) is 11.5 Å². The quantitative estimate of drug-likeness (QED) is 0.404. The fourth-order valence-corrected chi connectivity index (χ4v) is 6.15. The summed E-state index contributed by atoms with van der Waals surface area (Å²) in [5.74, 6) is 5.37. The van der Waals surface area contributed by atoms with Crippen LogP contribution in [-0.4, -0.2) is 74.8 Å². The Morgan fingerprint density at radius 1 is 1.18 bits per heavy atom. The summed E-state index contributed by atoms with van der Waals surface area (Å²) in [6.45, 7) is 4.63. The summed E-state index contributed by atoms with van der Waals surface area (Å²) in [6, 6.07) is 9.78. The SMILES string of the molecule is COc1cc(OCC2CSC(N3CCSCC3)=N2)c2cc(-c3cn4nc(C)ccc4n3)oc2c1. The van der Waals surface area contributed by atoms with Crippen LogP contribution in [0.1, 0.15) is 5.69 Å². The van der Waals surface area contributed by atoms with E-state index in [4.69, 9.17) is 18.9 Å². The molecule has 1 fully saturated rings. The predicted octanol–water partition coefficient (Wildman–Crippen LogP) is 4.36. The molecule has 0 aliphatic carbocycles. The van der Waals surface area contributed by atoms with E-state index in [0.29, 0.717) is 23.7 Å². The number of aryl methyl sites for hydroxylation is 1. The average Bonchev–Trinajstić information content (AvgIpc) is 3.60. The molecule has 1 saturated heterocycles. The van der Waals surface area contributed by atoms with E-state index < -0.39 is 0 Å². The fourth-order valence-electron chi connectivity index (χ4n) is 4.14. The van der Waals surface area contributed by atoms with Crippen molar-refractivity contribution in [2.75, 3.05) is 44.1 Å². The van der Waals surface area contributed by atoms with Crippen molar-refractivity contribution >= 4 is 45.3 Å². The lowest BCUT2D eigenvalue weighted by Crippen LogP contribution is -2.35. The number of amidine groups is 1. The van der Waals surface area contributed by atoms with Crippen molar-refractivity contribution in [3.05, 3.63) is 42.2 Å². The maximum absolute atomic E-state index is 6.28. The Morgan fingerprint density at radius 3 is 2.91 bits per heavy atom. The van der Waals surface area contributed by atoms with Gasteiger partial charge in [0.2, 0.25) is 0 Å². The van der Waals surface area contributed by atoms with Crippen molar-refractivity contribution < 1.29 is 13.9 Å². The number of furan rings is 1. The number of methoxy groups -OCH3 is 1. The van der Waals surface area contributed by atoms with Crippen LogP contribution >= 0.6 is 23.5 Å². The van der Waals surface area contributed by atoms with Crippen molar-refractivity contribution in [2.24, 2.45) is 4.99 Å². The zero-order chi connectivity index (χ0) is 23.1. The van der Waals surface area contributed by atoms with E-state index in [2.05, 4.69) is 15.0 Å². The molecule has 2 aliphatic rings. The molecular formula is C24H25N5O3S2. The standard InChI is InChI=1S/C24H25N5O3S2/c1-15-3-4-23-26-19(12-29(23)27-15)22-11-18-20(9-17(30-2)10-21(18)32-22)31-13-16-14-34-24(25-16)28-5-7-33-8-6-28/h3-4,9-12,16H,5-8,13-14H2,1-2H3. The van der Waals surface area contributed by atoms with Crippen LogP contribution < -0.4 is 9.47 Å². The van der Waals surface area contributed by atoms with Crippen molar-refractivity contribution in [2.45, 2.75) is 13.0 Å². The molecule has 3 aromatic heterocycles. The predicted molar refractivity (Wildman–Crippen MR) is 138 cm³/mol. The maximum atomic E-state index is 6.28. The number of nitrogens with zero attached hydrogens (tertiary/aromatic N) is 5. The highest BCUT2D eigenvalue weighted by Crippen LogP contribution is 2.37. The first kappa shape index (κ1) is 21.7. The molecule has 8 nitrogen and oxygen atoms in total. The first-order chi connectivity index (χ1) is 16.7. The van der Waals surface area contributed by atoms with Crippen molar-refractivity contribution in [3.63, 3.8) is 0 Å². The summed E-state index contributed by atoms with van der Waals surface area (Å²) < 4.78 is 19.7. The second kappa shape index (κ2) is 9.07. The van der Waals surface area contributed by atoms with Crippen LogP contribution in [0.5, 0.6) is 11.5 Å². The Morgan fingerprint density at radius 2 is 2.06 bits per heavy atom. The zero-order valence-corrected chi connectivity index (χ0v) is 20.7. The minimum absolute atomic E-state index is 0.134. The molecule has 10 heteroatoms. The van der Waals surface area contributed by atoms with Gasteiger partial charge in [-0.25, -0.2) is 9.50 Å². The number of benzene rings is 1. The van der Waals surface area contributed by atoms with Crippen molar-refractivity contribution in [3.8, 4) is 23.0 Å². The normalized spacial score (nSPS) is 18.6. The molecule has 0 spiro atoms. The second-order valence-corrected chi connectivity index (χ2v) is 10.6. The number of aliphatic imine (C=N–C) groups is 1.